The number of unbranched alkanes of at least 4 members (excludes halogenated alkanes) is 5. The molecule has 0 bridgehead atoms. The van der Waals surface area contributed by atoms with Crippen LogP contribution in [0.5, 0.6) is 0 Å². The van der Waals surface area contributed by atoms with Crippen molar-refractivity contribution in [2.45, 2.75) is 51.9 Å². The first-order valence-electron chi connectivity index (χ1n) is 11.7. The second kappa shape index (κ2) is 8.93. The van der Waals surface area contributed by atoms with E-state index in [9.17, 15) is 0 Å². The second-order valence-electron chi connectivity index (χ2n) is 8.66. The second-order valence-corrected chi connectivity index (χ2v) is 8.66. The van der Waals surface area contributed by atoms with E-state index in [2.05, 4.69) is 84.0 Å². The van der Waals surface area contributed by atoms with Gasteiger partial charge in [-0.25, -0.2) is 4.98 Å². The molecule has 0 atom stereocenters. The van der Waals surface area contributed by atoms with E-state index in [1.165, 1.54) is 76.4 Å². The predicted octanol–water partition coefficient (Wildman–Crippen LogP) is 8.63. The molecule has 0 unspecified atom stereocenters. The number of anilines is 2. The number of rotatable bonds is 9. The molecule has 4 aromatic carbocycles. The van der Waals surface area contributed by atoms with E-state index < -0.39 is 0 Å². The molecule has 0 amide bonds. The van der Waals surface area contributed by atoms with Crippen LogP contribution in [0.3, 0.4) is 0 Å². The van der Waals surface area contributed by atoms with Crippen molar-refractivity contribution in [1.29, 1.82) is 0 Å². The fourth-order valence-electron chi connectivity index (χ4n) is 4.79. The first kappa shape index (κ1) is 19.8. The van der Waals surface area contributed by atoms with Crippen molar-refractivity contribution in [3.63, 3.8) is 0 Å². The van der Waals surface area contributed by atoms with Crippen LogP contribution in [0.1, 0.15) is 51.0 Å². The van der Waals surface area contributed by atoms with Crippen LogP contribution in [0, 0.1) is 0 Å². The highest BCUT2D eigenvalue weighted by Crippen LogP contribution is 2.38. The summed E-state index contributed by atoms with van der Waals surface area (Å²) in [5.74, 6) is 0.929. The van der Waals surface area contributed by atoms with Crippen LogP contribution in [-0.2, 0) is 6.42 Å². The smallest absolute Gasteiger partial charge is 0.130 e. The lowest BCUT2D eigenvalue weighted by Gasteiger charge is -2.15. The Morgan fingerprint density at radius 2 is 1.42 bits per heavy atom. The first-order valence-corrected chi connectivity index (χ1v) is 11.7. The lowest BCUT2D eigenvalue weighted by molar-refractivity contribution is 0.607. The number of benzene rings is 4. The Bertz CT molecular complexity index is 1290. The molecule has 0 saturated carbocycles. The summed E-state index contributed by atoms with van der Waals surface area (Å²) in [6, 6.07) is 24.2. The van der Waals surface area contributed by atoms with E-state index >= 15 is 0 Å². The normalized spacial score (nSPS) is 11.6. The molecular weight excluding hydrogens is 376 g/mol. The fraction of sp³-hybridized carbons (Fsp3) is 0.276. The van der Waals surface area contributed by atoms with Gasteiger partial charge in [-0.05, 0) is 63.5 Å². The summed E-state index contributed by atoms with van der Waals surface area (Å²) in [6.45, 7) is 2.27. The minimum Gasteiger partial charge on any atom is -0.340 e. The van der Waals surface area contributed by atoms with Crippen molar-refractivity contribution in [2.75, 3.05) is 5.32 Å². The topological polar surface area (TPSA) is 24.9 Å². The zero-order chi connectivity index (χ0) is 21.0. The third-order valence-electron chi connectivity index (χ3n) is 6.43. The Morgan fingerprint density at radius 1 is 0.710 bits per heavy atom. The van der Waals surface area contributed by atoms with E-state index in [0.29, 0.717) is 0 Å². The van der Waals surface area contributed by atoms with Crippen LogP contribution in [0.4, 0.5) is 11.5 Å². The third-order valence-corrected chi connectivity index (χ3v) is 6.43. The van der Waals surface area contributed by atoms with Crippen molar-refractivity contribution < 1.29 is 0 Å². The van der Waals surface area contributed by atoms with Gasteiger partial charge in [-0.1, -0.05) is 87.6 Å². The zero-order valence-electron chi connectivity index (χ0n) is 18.3. The van der Waals surface area contributed by atoms with E-state index in [-0.39, 0.29) is 0 Å². The summed E-state index contributed by atoms with van der Waals surface area (Å²) in [5.41, 5.74) is 2.49. The molecule has 5 rings (SSSR count). The maximum Gasteiger partial charge on any atom is 0.130 e. The molecule has 156 valence electrons. The van der Waals surface area contributed by atoms with E-state index in [4.69, 9.17) is 0 Å². The monoisotopic (exact) mass is 406 g/mol. The van der Waals surface area contributed by atoms with Crippen LogP contribution in [0.15, 0.2) is 72.9 Å². The molecule has 0 radical (unpaired) electrons. The summed E-state index contributed by atoms with van der Waals surface area (Å²) in [6.07, 6.45) is 11.0. The van der Waals surface area contributed by atoms with Gasteiger partial charge in [0.1, 0.15) is 5.82 Å². The molecule has 1 N–H and O–H groups in total. The van der Waals surface area contributed by atoms with Crippen molar-refractivity contribution in [1.82, 2.24) is 4.98 Å². The van der Waals surface area contributed by atoms with Gasteiger partial charge in [-0.3, -0.25) is 0 Å². The number of aryl methyl sites for hydroxylation is 1. The van der Waals surface area contributed by atoms with Gasteiger partial charge in [0, 0.05) is 17.3 Å². The van der Waals surface area contributed by atoms with Gasteiger partial charge in [0.2, 0.25) is 0 Å². The third kappa shape index (κ3) is 4.07. The molecule has 5 aromatic rings. The Hall–Kier alpha value is -3.13. The summed E-state index contributed by atoms with van der Waals surface area (Å²) >= 11 is 0. The Labute approximate surface area is 184 Å². The minimum absolute atomic E-state index is 0.929. The highest BCUT2D eigenvalue weighted by Gasteiger charge is 2.11. The average molecular weight is 407 g/mol. The Kier molecular flexibility index (Phi) is 5.71. The molecule has 2 heteroatoms. The highest BCUT2D eigenvalue weighted by molar-refractivity contribution is 6.25. The Morgan fingerprint density at radius 3 is 2.26 bits per heavy atom. The predicted molar refractivity (Wildman–Crippen MR) is 135 cm³/mol. The maximum absolute atomic E-state index is 4.60. The van der Waals surface area contributed by atoms with Gasteiger partial charge >= 0.3 is 0 Å². The van der Waals surface area contributed by atoms with Crippen molar-refractivity contribution in [2.24, 2.45) is 0 Å². The molecule has 1 heterocycles. The Balaban J connectivity index is 1.39. The molecule has 2 nitrogen and oxygen atoms in total. The number of hydrogen-bond donors (Lipinski definition) is 1. The molecule has 0 saturated heterocycles. The maximum atomic E-state index is 4.60. The highest BCUT2D eigenvalue weighted by atomic mass is 15.0. The fourth-order valence-corrected chi connectivity index (χ4v) is 4.79. The quantitative estimate of drug-likeness (QED) is 0.196. The summed E-state index contributed by atoms with van der Waals surface area (Å²) < 4.78 is 0. The van der Waals surface area contributed by atoms with Crippen molar-refractivity contribution >= 4 is 43.8 Å². The van der Waals surface area contributed by atoms with Gasteiger partial charge in [-0.2, -0.15) is 0 Å². The number of aromatic nitrogens is 1. The van der Waals surface area contributed by atoms with Crippen LogP contribution >= 0.6 is 0 Å². The summed E-state index contributed by atoms with van der Waals surface area (Å²) in [4.78, 5) is 4.60. The minimum atomic E-state index is 0.929. The summed E-state index contributed by atoms with van der Waals surface area (Å²) in [7, 11) is 0. The molecule has 0 aliphatic carbocycles. The average Bonchev–Trinajstić information content (AvgIpc) is 2.81. The summed E-state index contributed by atoms with van der Waals surface area (Å²) in [5, 5.41) is 11.4. The number of hydrogen-bond acceptors (Lipinski definition) is 2. The number of nitrogens with zero attached hydrogens (tertiary/aromatic N) is 1. The number of pyridine rings is 1. The molecule has 0 fully saturated rings. The van der Waals surface area contributed by atoms with Crippen molar-refractivity contribution in [3.05, 3.63) is 78.5 Å². The van der Waals surface area contributed by atoms with Gasteiger partial charge in [0.25, 0.3) is 0 Å². The van der Waals surface area contributed by atoms with E-state index in [0.717, 1.165) is 17.9 Å². The van der Waals surface area contributed by atoms with Gasteiger partial charge in [-0.15, -0.1) is 0 Å². The molecular formula is C29H30N2. The molecule has 1 aromatic heterocycles. The molecule has 0 aliphatic rings. The lowest BCUT2D eigenvalue weighted by Crippen LogP contribution is -1.97. The molecule has 0 spiro atoms. The number of nitrogens with one attached hydrogen (secondary N) is 1. The van der Waals surface area contributed by atoms with Gasteiger partial charge < -0.3 is 5.32 Å². The largest absolute Gasteiger partial charge is 0.340 e. The van der Waals surface area contributed by atoms with Crippen LogP contribution in [-0.4, -0.2) is 4.98 Å². The molecule has 31 heavy (non-hydrogen) atoms. The standard InChI is InChI=1S/C29H30N2/c1-2-3-4-5-6-7-9-21-18-19-30-27(20-21)31-26-17-15-24-13-12-22-10-8-11-23-14-16-25(26)29(24)28(22)23/h8,10-20H,2-7,9H2,1H3,(H,30,31). The first-order chi connectivity index (χ1) is 15.3. The van der Waals surface area contributed by atoms with Gasteiger partial charge in [0.15, 0.2) is 0 Å². The van der Waals surface area contributed by atoms with Crippen LogP contribution in [0.25, 0.3) is 32.3 Å². The lowest BCUT2D eigenvalue weighted by atomic mass is 9.93. The zero-order valence-corrected chi connectivity index (χ0v) is 18.3. The van der Waals surface area contributed by atoms with Crippen molar-refractivity contribution in [3.8, 4) is 0 Å². The van der Waals surface area contributed by atoms with E-state index in [1.54, 1.807) is 0 Å². The SMILES string of the molecule is CCCCCCCCc1ccnc(Nc2ccc3ccc4cccc5ccc2c3c45)c1. The van der Waals surface area contributed by atoms with Gasteiger partial charge in [0.05, 0.1) is 0 Å². The van der Waals surface area contributed by atoms with E-state index in [1.807, 2.05) is 6.20 Å². The molecule has 0 aliphatic heterocycles. The van der Waals surface area contributed by atoms with Crippen LogP contribution < -0.4 is 5.32 Å². The van der Waals surface area contributed by atoms with Crippen LogP contribution in [0.2, 0.25) is 0 Å².